The molecule has 0 saturated heterocycles. The summed E-state index contributed by atoms with van der Waals surface area (Å²) < 4.78 is 15.7. The van der Waals surface area contributed by atoms with E-state index in [4.69, 9.17) is 14.2 Å². The van der Waals surface area contributed by atoms with Crippen LogP contribution in [0.3, 0.4) is 0 Å². The molecule has 0 aliphatic heterocycles. The number of esters is 2. The van der Waals surface area contributed by atoms with Crippen LogP contribution in [0.2, 0.25) is 0 Å². The minimum Gasteiger partial charge on any atom is -0.497 e. The zero-order chi connectivity index (χ0) is 19.0. The molecule has 0 aliphatic rings. The number of benzene rings is 2. The molecule has 5 nitrogen and oxygen atoms in total. The summed E-state index contributed by atoms with van der Waals surface area (Å²) in [5.74, 6) is -0.521. The number of carbonyl (C=O) groups is 2. The van der Waals surface area contributed by atoms with Gasteiger partial charge in [-0.1, -0.05) is 42.5 Å². The highest BCUT2D eigenvalue weighted by Crippen LogP contribution is 2.33. The molecule has 0 unspecified atom stereocenters. The topological polar surface area (TPSA) is 61.8 Å². The van der Waals surface area contributed by atoms with E-state index < -0.39 is 17.4 Å². The van der Waals surface area contributed by atoms with Gasteiger partial charge in [0.25, 0.3) is 0 Å². The van der Waals surface area contributed by atoms with E-state index in [9.17, 15) is 9.59 Å². The lowest BCUT2D eigenvalue weighted by atomic mass is 9.75. The number of ether oxygens (including phenoxy) is 3. The van der Waals surface area contributed by atoms with E-state index in [0.717, 1.165) is 5.56 Å². The monoisotopic (exact) mass is 356 g/mol. The Morgan fingerprint density at radius 3 is 1.85 bits per heavy atom. The summed E-state index contributed by atoms with van der Waals surface area (Å²) in [5, 5.41) is 0. The van der Waals surface area contributed by atoms with Crippen molar-refractivity contribution in [2.24, 2.45) is 0 Å². The zero-order valence-corrected chi connectivity index (χ0v) is 15.4. The fourth-order valence-corrected chi connectivity index (χ4v) is 2.85. The van der Waals surface area contributed by atoms with Gasteiger partial charge in [-0.05, 0) is 37.1 Å². The van der Waals surface area contributed by atoms with Gasteiger partial charge in [0, 0.05) is 6.42 Å². The van der Waals surface area contributed by atoms with Crippen LogP contribution in [0.5, 0.6) is 5.75 Å². The third-order valence-electron chi connectivity index (χ3n) is 4.14. The van der Waals surface area contributed by atoms with Crippen molar-refractivity contribution in [1.29, 1.82) is 0 Å². The molecule has 0 spiro atoms. The first-order valence-corrected chi connectivity index (χ1v) is 8.61. The van der Waals surface area contributed by atoms with Crippen molar-refractivity contribution in [3.8, 4) is 5.75 Å². The molecule has 2 aromatic carbocycles. The Morgan fingerprint density at radius 2 is 1.38 bits per heavy atom. The fraction of sp³-hybridized carbons (Fsp3) is 0.333. The molecule has 0 bridgehead atoms. The highest BCUT2D eigenvalue weighted by atomic mass is 16.6. The molecule has 0 atom stereocenters. The molecule has 0 N–H and O–H groups in total. The maximum absolute atomic E-state index is 13.0. The molecule has 0 aliphatic carbocycles. The van der Waals surface area contributed by atoms with E-state index in [1.807, 2.05) is 18.2 Å². The number of rotatable bonds is 8. The standard InChI is InChI=1S/C21H24O5/c1-4-25-19(22)21(20(23)26-5-2,17-9-7-6-8-10-17)15-16-11-13-18(24-3)14-12-16/h6-14H,4-5,15H2,1-3H3. The second-order valence-corrected chi connectivity index (χ2v) is 5.74. The van der Waals surface area contributed by atoms with E-state index in [2.05, 4.69) is 0 Å². The second-order valence-electron chi connectivity index (χ2n) is 5.74. The van der Waals surface area contributed by atoms with E-state index in [1.165, 1.54) is 0 Å². The quantitative estimate of drug-likeness (QED) is 0.536. The van der Waals surface area contributed by atoms with Crippen molar-refractivity contribution in [1.82, 2.24) is 0 Å². The second kappa shape index (κ2) is 9.04. The van der Waals surface area contributed by atoms with Gasteiger partial charge in [-0.2, -0.15) is 0 Å². The third kappa shape index (κ3) is 4.04. The largest absolute Gasteiger partial charge is 0.497 e. The lowest BCUT2D eigenvalue weighted by Crippen LogP contribution is -2.48. The van der Waals surface area contributed by atoms with Gasteiger partial charge < -0.3 is 14.2 Å². The zero-order valence-electron chi connectivity index (χ0n) is 15.4. The van der Waals surface area contributed by atoms with Crippen molar-refractivity contribution in [2.75, 3.05) is 20.3 Å². The molecule has 0 fully saturated rings. The van der Waals surface area contributed by atoms with Crippen LogP contribution in [0.15, 0.2) is 54.6 Å². The summed E-state index contributed by atoms with van der Waals surface area (Å²) in [7, 11) is 1.58. The SMILES string of the molecule is CCOC(=O)C(Cc1ccc(OC)cc1)(C(=O)OCC)c1ccccc1. The first-order chi connectivity index (χ1) is 12.6. The molecule has 2 rings (SSSR count). The predicted octanol–water partition coefficient (Wildman–Crippen LogP) is 3.30. The van der Waals surface area contributed by atoms with Crippen LogP contribution in [-0.4, -0.2) is 32.3 Å². The van der Waals surface area contributed by atoms with Crippen LogP contribution in [-0.2, 0) is 30.9 Å². The van der Waals surface area contributed by atoms with Crippen molar-refractivity contribution >= 4 is 11.9 Å². The van der Waals surface area contributed by atoms with Crippen LogP contribution >= 0.6 is 0 Å². The molecule has 5 heteroatoms. The van der Waals surface area contributed by atoms with E-state index in [0.29, 0.717) is 11.3 Å². The lowest BCUT2D eigenvalue weighted by molar-refractivity contribution is -0.164. The average molecular weight is 356 g/mol. The van der Waals surface area contributed by atoms with Crippen LogP contribution in [0, 0.1) is 0 Å². The number of carbonyl (C=O) groups excluding carboxylic acids is 2. The summed E-state index contributed by atoms with van der Waals surface area (Å²) in [5.41, 5.74) is -0.203. The molecule has 138 valence electrons. The van der Waals surface area contributed by atoms with Crippen molar-refractivity contribution < 1.29 is 23.8 Å². The highest BCUT2D eigenvalue weighted by Gasteiger charge is 2.50. The molecule has 0 radical (unpaired) electrons. The molecule has 26 heavy (non-hydrogen) atoms. The summed E-state index contributed by atoms with van der Waals surface area (Å²) in [6.45, 7) is 3.78. The number of methoxy groups -OCH3 is 1. The summed E-state index contributed by atoms with van der Waals surface area (Å²) in [6, 6.07) is 16.1. The average Bonchev–Trinajstić information content (AvgIpc) is 2.67. The normalized spacial score (nSPS) is 10.9. The smallest absolute Gasteiger partial charge is 0.328 e. The molecule has 2 aromatic rings. The van der Waals surface area contributed by atoms with Crippen molar-refractivity contribution in [2.45, 2.75) is 25.7 Å². The minimum absolute atomic E-state index is 0.138. The van der Waals surface area contributed by atoms with Crippen LogP contribution in [0.1, 0.15) is 25.0 Å². The predicted molar refractivity (Wildman–Crippen MR) is 98.1 cm³/mol. The summed E-state index contributed by atoms with van der Waals surface area (Å²) in [6.07, 6.45) is 0.138. The Kier molecular flexibility index (Phi) is 6.78. The molecule has 0 aromatic heterocycles. The Balaban J connectivity index is 2.56. The van der Waals surface area contributed by atoms with Gasteiger partial charge >= 0.3 is 11.9 Å². The van der Waals surface area contributed by atoms with Gasteiger partial charge in [-0.25, -0.2) is 0 Å². The number of hydrogen-bond acceptors (Lipinski definition) is 5. The van der Waals surface area contributed by atoms with Gasteiger partial charge in [0.1, 0.15) is 5.75 Å². The Labute approximate surface area is 153 Å². The van der Waals surface area contributed by atoms with E-state index >= 15 is 0 Å². The van der Waals surface area contributed by atoms with E-state index in [1.54, 1.807) is 57.4 Å². The Hall–Kier alpha value is -2.82. The van der Waals surface area contributed by atoms with Gasteiger partial charge in [0.15, 0.2) is 5.41 Å². The minimum atomic E-state index is -1.55. The molecule has 0 amide bonds. The molecular weight excluding hydrogens is 332 g/mol. The van der Waals surface area contributed by atoms with Crippen molar-refractivity contribution in [3.05, 3.63) is 65.7 Å². The summed E-state index contributed by atoms with van der Waals surface area (Å²) >= 11 is 0. The van der Waals surface area contributed by atoms with Crippen molar-refractivity contribution in [3.63, 3.8) is 0 Å². The summed E-state index contributed by atoms with van der Waals surface area (Å²) in [4.78, 5) is 25.9. The maximum Gasteiger partial charge on any atom is 0.328 e. The van der Waals surface area contributed by atoms with Gasteiger partial charge in [-0.3, -0.25) is 9.59 Å². The van der Waals surface area contributed by atoms with Crippen LogP contribution < -0.4 is 4.74 Å². The maximum atomic E-state index is 13.0. The molecule has 0 heterocycles. The van der Waals surface area contributed by atoms with Crippen LogP contribution in [0.4, 0.5) is 0 Å². The lowest BCUT2D eigenvalue weighted by Gasteiger charge is -2.30. The van der Waals surface area contributed by atoms with Gasteiger partial charge in [0.2, 0.25) is 0 Å². The van der Waals surface area contributed by atoms with Crippen LogP contribution in [0.25, 0.3) is 0 Å². The fourth-order valence-electron chi connectivity index (χ4n) is 2.85. The number of hydrogen-bond donors (Lipinski definition) is 0. The van der Waals surface area contributed by atoms with Gasteiger partial charge in [-0.15, -0.1) is 0 Å². The molecule has 0 saturated carbocycles. The third-order valence-corrected chi connectivity index (χ3v) is 4.14. The first-order valence-electron chi connectivity index (χ1n) is 8.61. The highest BCUT2D eigenvalue weighted by molar-refractivity contribution is 6.06. The molecular formula is C21H24O5. The van der Waals surface area contributed by atoms with E-state index in [-0.39, 0.29) is 19.6 Å². The first kappa shape index (κ1) is 19.5. The Morgan fingerprint density at radius 1 is 0.846 bits per heavy atom. The Bertz CT molecular complexity index is 704. The van der Waals surface area contributed by atoms with Gasteiger partial charge in [0.05, 0.1) is 20.3 Å².